The molecular weight excluding hydrogens is 422 g/mol. The van der Waals surface area contributed by atoms with Gasteiger partial charge in [-0.3, -0.25) is 9.59 Å². The average Bonchev–Trinajstić information content (AvgIpc) is 3.04. The third-order valence-electron chi connectivity index (χ3n) is 6.32. The molecule has 0 aromatic heterocycles. The Labute approximate surface area is 195 Å². The van der Waals surface area contributed by atoms with E-state index in [4.69, 9.17) is 11.6 Å². The molecule has 0 spiro atoms. The van der Waals surface area contributed by atoms with Gasteiger partial charge < -0.3 is 9.80 Å². The molecular formula is C26H30ClN3O2. The minimum atomic E-state index is -0.284. The smallest absolute Gasteiger partial charge is 0.282 e. The summed E-state index contributed by atoms with van der Waals surface area (Å²) >= 11 is 6.08. The molecule has 2 amide bonds. The quantitative estimate of drug-likeness (QED) is 0.639. The number of rotatable bonds is 4. The van der Waals surface area contributed by atoms with Gasteiger partial charge in [-0.1, -0.05) is 63.6 Å². The molecule has 0 saturated carbocycles. The third-order valence-corrected chi connectivity index (χ3v) is 6.57. The first-order valence-corrected chi connectivity index (χ1v) is 11.6. The van der Waals surface area contributed by atoms with Crippen molar-refractivity contribution in [3.63, 3.8) is 0 Å². The molecule has 0 bridgehead atoms. The Morgan fingerprint density at radius 2 is 1.44 bits per heavy atom. The molecule has 2 aliphatic rings. The lowest BCUT2D eigenvalue weighted by Crippen LogP contribution is -2.47. The van der Waals surface area contributed by atoms with Crippen LogP contribution in [0, 0.1) is 0 Å². The second-order valence-corrected chi connectivity index (χ2v) is 9.83. The van der Waals surface area contributed by atoms with Crippen LogP contribution >= 0.6 is 11.6 Å². The Morgan fingerprint density at radius 1 is 0.844 bits per heavy atom. The van der Waals surface area contributed by atoms with Crippen LogP contribution in [0.4, 0.5) is 5.69 Å². The Hall–Kier alpha value is -2.63. The first-order chi connectivity index (χ1) is 15.2. The maximum absolute atomic E-state index is 13.7. The van der Waals surface area contributed by atoms with E-state index < -0.39 is 0 Å². The van der Waals surface area contributed by atoms with Gasteiger partial charge in [0.15, 0.2) is 0 Å². The van der Waals surface area contributed by atoms with E-state index in [0.717, 1.165) is 43.9 Å². The van der Waals surface area contributed by atoms with Gasteiger partial charge in [0.25, 0.3) is 11.8 Å². The van der Waals surface area contributed by atoms with Crippen LogP contribution < -0.4 is 4.90 Å². The number of hydrogen-bond donors (Lipinski definition) is 0. The van der Waals surface area contributed by atoms with E-state index in [1.165, 1.54) is 4.90 Å². The van der Waals surface area contributed by atoms with Gasteiger partial charge >= 0.3 is 0 Å². The second kappa shape index (κ2) is 8.72. The summed E-state index contributed by atoms with van der Waals surface area (Å²) in [6.45, 7) is 12.7. The minimum Gasteiger partial charge on any atom is -0.364 e. The average molecular weight is 452 g/mol. The Morgan fingerprint density at radius 3 is 1.97 bits per heavy atom. The normalized spacial score (nSPS) is 18.2. The van der Waals surface area contributed by atoms with Crippen molar-refractivity contribution in [1.29, 1.82) is 0 Å². The Bertz CT molecular complexity index is 1040. The number of anilines is 1. The van der Waals surface area contributed by atoms with Crippen molar-refractivity contribution in [3.05, 3.63) is 70.4 Å². The highest BCUT2D eigenvalue weighted by Gasteiger charge is 2.43. The molecule has 2 aromatic rings. The predicted octanol–water partition coefficient (Wildman–Crippen LogP) is 4.56. The van der Waals surface area contributed by atoms with Crippen molar-refractivity contribution < 1.29 is 9.59 Å². The van der Waals surface area contributed by atoms with Crippen molar-refractivity contribution in [3.8, 4) is 0 Å². The lowest BCUT2D eigenvalue weighted by Gasteiger charge is -2.36. The van der Waals surface area contributed by atoms with Gasteiger partial charge in [0, 0.05) is 31.2 Å². The molecule has 0 atom stereocenters. The van der Waals surface area contributed by atoms with E-state index in [1.807, 2.05) is 36.4 Å². The summed E-state index contributed by atoms with van der Waals surface area (Å²) in [4.78, 5) is 33.0. The van der Waals surface area contributed by atoms with Crippen molar-refractivity contribution in [2.24, 2.45) is 0 Å². The van der Waals surface area contributed by atoms with E-state index in [9.17, 15) is 9.59 Å². The van der Waals surface area contributed by atoms with Crippen molar-refractivity contribution in [2.45, 2.75) is 33.1 Å². The van der Waals surface area contributed by atoms with Crippen LogP contribution in [0.1, 0.15) is 38.8 Å². The largest absolute Gasteiger partial charge is 0.364 e. The number of nitrogens with zero attached hydrogens (tertiary/aromatic N) is 3. The molecule has 2 heterocycles. The van der Waals surface area contributed by atoms with Crippen LogP contribution in [-0.4, -0.2) is 54.3 Å². The molecule has 32 heavy (non-hydrogen) atoms. The number of hydrogen-bond acceptors (Lipinski definition) is 4. The summed E-state index contributed by atoms with van der Waals surface area (Å²) in [6.07, 6.45) is 0. The monoisotopic (exact) mass is 451 g/mol. The summed E-state index contributed by atoms with van der Waals surface area (Å²) in [5, 5.41) is 0.596. The number of likely N-dealkylation sites (N-methyl/N-ethyl adjacent to an activating group) is 1. The molecule has 0 N–H and O–H groups in total. The zero-order valence-electron chi connectivity index (χ0n) is 19.2. The van der Waals surface area contributed by atoms with Crippen molar-refractivity contribution >= 4 is 34.7 Å². The number of piperazine rings is 1. The molecule has 2 aliphatic heterocycles. The van der Waals surface area contributed by atoms with Gasteiger partial charge in [-0.05, 0) is 47.4 Å². The SMILES string of the molecule is CCN1CCN(C2=C(c3ccc(Cl)cc3)C(=O)N(c3ccc(C(C)(C)C)cc3)C2=O)CC1. The maximum atomic E-state index is 13.7. The highest BCUT2D eigenvalue weighted by atomic mass is 35.5. The molecule has 0 radical (unpaired) electrons. The summed E-state index contributed by atoms with van der Waals surface area (Å²) in [6, 6.07) is 14.9. The highest BCUT2D eigenvalue weighted by molar-refractivity contribution is 6.45. The molecule has 0 unspecified atom stereocenters. The lowest BCUT2D eigenvalue weighted by atomic mass is 9.87. The summed E-state index contributed by atoms with van der Waals surface area (Å²) in [7, 11) is 0. The number of carbonyl (C=O) groups excluding carboxylic acids is 2. The minimum absolute atomic E-state index is 0.00557. The van der Waals surface area contributed by atoms with Gasteiger partial charge in [-0.15, -0.1) is 0 Å². The molecule has 6 heteroatoms. The molecule has 168 valence electrons. The molecule has 0 aliphatic carbocycles. The van der Waals surface area contributed by atoms with Gasteiger partial charge in [0.2, 0.25) is 0 Å². The summed E-state index contributed by atoms with van der Waals surface area (Å²) in [5.74, 6) is -0.540. The molecule has 1 saturated heterocycles. The Balaban J connectivity index is 1.74. The number of amides is 2. The van der Waals surface area contributed by atoms with Gasteiger partial charge in [0.05, 0.1) is 11.3 Å². The Kier molecular flexibility index (Phi) is 6.15. The van der Waals surface area contributed by atoms with E-state index in [1.54, 1.807) is 12.1 Å². The van der Waals surface area contributed by atoms with Crippen LogP contribution in [0.5, 0.6) is 0 Å². The summed E-state index contributed by atoms with van der Waals surface area (Å²) < 4.78 is 0. The number of carbonyl (C=O) groups is 2. The zero-order valence-corrected chi connectivity index (χ0v) is 19.9. The fourth-order valence-electron chi connectivity index (χ4n) is 4.32. The van der Waals surface area contributed by atoms with E-state index in [-0.39, 0.29) is 17.2 Å². The fraction of sp³-hybridized carbons (Fsp3) is 0.385. The molecule has 5 nitrogen and oxygen atoms in total. The molecule has 1 fully saturated rings. The van der Waals surface area contributed by atoms with Gasteiger partial charge in [-0.2, -0.15) is 0 Å². The highest BCUT2D eigenvalue weighted by Crippen LogP contribution is 2.36. The molecule has 4 rings (SSSR count). The van der Waals surface area contributed by atoms with Crippen LogP contribution in [0.2, 0.25) is 5.02 Å². The number of halogens is 1. The third kappa shape index (κ3) is 4.19. The van der Waals surface area contributed by atoms with Gasteiger partial charge in [0.1, 0.15) is 5.70 Å². The van der Waals surface area contributed by atoms with Crippen LogP contribution in [0.15, 0.2) is 54.2 Å². The number of imide groups is 1. The predicted molar refractivity (Wildman–Crippen MR) is 130 cm³/mol. The van der Waals surface area contributed by atoms with Crippen molar-refractivity contribution in [1.82, 2.24) is 9.80 Å². The van der Waals surface area contributed by atoms with Gasteiger partial charge in [-0.25, -0.2) is 4.90 Å². The second-order valence-electron chi connectivity index (χ2n) is 9.39. The standard InChI is InChI=1S/C26H30ClN3O2/c1-5-28-14-16-29(17-15-28)23-22(18-6-10-20(27)11-7-18)24(31)30(25(23)32)21-12-8-19(9-13-21)26(2,3)4/h6-13H,5,14-17H2,1-4H3. The van der Waals surface area contributed by atoms with Crippen LogP contribution in [0.3, 0.4) is 0 Å². The maximum Gasteiger partial charge on any atom is 0.282 e. The van der Waals surface area contributed by atoms with E-state index in [2.05, 4.69) is 37.5 Å². The van der Waals surface area contributed by atoms with E-state index >= 15 is 0 Å². The first-order valence-electron chi connectivity index (χ1n) is 11.2. The van der Waals surface area contributed by atoms with Crippen LogP contribution in [-0.2, 0) is 15.0 Å². The topological polar surface area (TPSA) is 43.9 Å². The lowest BCUT2D eigenvalue weighted by molar-refractivity contribution is -0.120. The zero-order chi connectivity index (χ0) is 23.0. The number of benzene rings is 2. The first kappa shape index (κ1) is 22.6. The van der Waals surface area contributed by atoms with Crippen LogP contribution in [0.25, 0.3) is 5.57 Å². The summed E-state index contributed by atoms with van der Waals surface area (Å²) in [5.41, 5.74) is 3.41. The molecule has 2 aromatic carbocycles. The van der Waals surface area contributed by atoms with Crippen molar-refractivity contribution in [2.75, 3.05) is 37.6 Å². The fourth-order valence-corrected chi connectivity index (χ4v) is 4.45. The van der Waals surface area contributed by atoms with E-state index in [0.29, 0.717) is 22.0 Å².